The van der Waals surface area contributed by atoms with Gasteiger partial charge in [-0.2, -0.15) is 0 Å². The van der Waals surface area contributed by atoms with Crippen molar-refractivity contribution in [1.29, 1.82) is 0 Å². The molecule has 7 heavy (non-hydrogen) atoms. The van der Waals surface area contributed by atoms with E-state index in [0.717, 1.165) is 22.8 Å². The quantitative estimate of drug-likeness (QED) is 0.578. The molecule has 0 rings (SSSR count). The summed E-state index contributed by atoms with van der Waals surface area (Å²) in [5.41, 5.74) is 0. The molecule has 2 N–H and O–H groups in total. The molecule has 0 spiro atoms. The number of rotatable bonds is 2. The summed E-state index contributed by atoms with van der Waals surface area (Å²) in [5, 5.41) is 8.13. The summed E-state index contributed by atoms with van der Waals surface area (Å²) in [6, 6.07) is -0.391. The standard InChI is InChI=1S/C3H6NO2.Sn/c1-2(4)3(5)6;/h2,4H,1H3,(H,5,6);/q-1;+1/t2-;/m0./s1. The summed E-state index contributed by atoms with van der Waals surface area (Å²) < 4.78 is 2.65. The van der Waals surface area contributed by atoms with Gasteiger partial charge in [-0.05, 0) is 0 Å². The molecule has 1 atom stereocenters. The Labute approximate surface area is 55.5 Å². The Hall–Kier alpha value is 0.229. The minimum absolute atomic E-state index is 0.391. The Morgan fingerprint density at radius 3 is 2.43 bits per heavy atom. The predicted octanol–water partition coefficient (Wildman–Crippen LogP) is -0.867. The molecule has 0 unspecified atom stereocenters. The van der Waals surface area contributed by atoms with Crippen molar-refractivity contribution < 1.29 is 9.90 Å². The van der Waals surface area contributed by atoms with Gasteiger partial charge >= 0.3 is 55.2 Å². The fourth-order valence-electron chi connectivity index (χ4n) is 0.0617. The second-order valence-electron chi connectivity index (χ2n) is 1.20. The maximum absolute atomic E-state index is 9.88. The fraction of sp³-hybridized carbons (Fsp3) is 0.667. The molecule has 0 bridgehead atoms. The number of carbonyl (C=O) groups is 1. The van der Waals surface area contributed by atoms with Gasteiger partial charge in [-0.15, -0.1) is 0 Å². The normalized spacial score (nSPS) is 13.4. The Morgan fingerprint density at radius 2 is 2.43 bits per heavy atom. The van der Waals surface area contributed by atoms with E-state index in [1.165, 1.54) is 0 Å². The molecule has 0 saturated heterocycles. The monoisotopic (exact) mass is 208 g/mol. The van der Waals surface area contributed by atoms with Gasteiger partial charge in [0.05, 0.1) is 0 Å². The van der Waals surface area contributed by atoms with Crippen LogP contribution < -0.4 is 3.54 Å². The van der Waals surface area contributed by atoms with E-state index in [1.807, 2.05) is 0 Å². The summed E-state index contributed by atoms with van der Waals surface area (Å²) in [6.45, 7) is 1.61. The molecule has 0 heterocycles. The van der Waals surface area contributed by atoms with E-state index in [2.05, 4.69) is 3.54 Å². The van der Waals surface area contributed by atoms with Gasteiger partial charge in [-0.25, -0.2) is 0 Å². The van der Waals surface area contributed by atoms with Crippen molar-refractivity contribution in [3.63, 3.8) is 0 Å². The summed E-state index contributed by atoms with van der Waals surface area (Å²) in [6.07, 6.45) is 0. The van der Waals surface area contributed by atoms with E-state index < -0.39 is 12.0 Å². The summed E-state index contributed by atoms with van der Waals surface area (Å²) >= 11 is 1.05. The minimum atomic E-state index is -0.795. The molecule has 0 aliphatic heterocycles. The number of carboxylic acid groups (broad SMARTS) is 1. The van der Waals surface area contributed by atoms with Crippen LogP contribution >= 0.6 is 0 Å². The molecule has 0 aromatic heterocycles. The molecular formula is C3H6NO2Sn. The molecular weight excluding hydrogens is 201 g/mol. The summed E-state index contributed by atoms with van der Waals surface area (Å²) in [7, 11) is 0. The van der Waals surface area contributed by atoms with Crippen LogP contribution in [0.5, 0.6) is 0 Å². The molecule has 0 fully saturated rings. The second kappa shape index (κ2) is 3.26. The van der Waals surface area contributed by atoms with E-state index in [4.69, 9.17) is 5.11 Å². The zero-order valence-electron chi connectivity index (χ0n) is 3.93. The van der Waals surface area contributed by atoms with Crippen LogP contribution in [0, 0.1) is 0 Å². The molecule has 0 amide bonds. The van der Waals surface area contributed by atoms with Crippen LogP contribution in [0.4, 0.5) is 0 Å². The van der Waals surface area contributed by atoms with Crippen molar-refractivity contribution in [1.82, 2.24) is 3.54 Å². The first-order valence-electron chi connectivity index (χ1n) is 1.83. The second-order valence-corrected chi connectivity index (χ2v) is 2.03. The zero-order chi connectivity index (χ0) is 5.86. The molecule has 0 aliphatic rings. The van der Waals surface area contributed by atoms with Crippen molar-refractivity contribution in [3.8, 4) is 0 Å². The summed E-state index contributed by atoms with van der Waals surface area (Å²) in [4.78, 5) is 9.88. The predicted molar refractivity (Wildman–Crippen MR) is 26.0 cm³/mol. The number of aliphatic carboxylic acids is 1. The van der Waals surface area contributed by atoms with Crippen LogP contribution in [0.15, 0.2) is 0 Å². The van der Waals surface area contributed by atoms with E-state index >= 15 is 0 Å². The van der Waals surface area contributed by atoms with Gasteiger partial charge in [0.2, 0.25) is 0 Å². The molecule has 4 heteroatoms. The molecule has 3 radical (unpaired) electrons. The average molecular weight is 207 g/mol. The van der Waals surface area contributed by atoms with Crippen LogP contribution in [0.3, 0.4) is 0 Å². The molecule has 39 valence electrons. The molecule has 3 nitrogen and oxygen atoms in total. The van der Waals surface area contributed by atoms with Crippen molar-refractivity contribution in [2.75, 3.05) is 0 Å². The van der Waals surface area contributed by atoms with Crippen LogP contribution in [0.2, 0.25) is 0 Å². The molecule has 0 aromatic carbocycles. The van der Waals surface area contributed by atoms with Gasteiger partial charge in [0.1, 0.15) is 0 Å². The van der Waals surface area contributed by atoms with Crippen molar-refractivity contribution in [2.45, 2.75) is 13.0 Å². The first-order chi connectivity index (χ1) is 3.18. The molecule has 0 aliphatic carbocycles. The number of carboxylic acids is 1. The van der Waals surface area contributed by atoms with Crippen molar-refractivity contribution >= 4 is 28.8 Å². The summed E-state index contributed by atoms with van der Waals surface area (Å²) in [5.74, 6) is -0.795. The zero-order valence-corrected chi connectivity index (χ0v) is 6.79. The van der Waals surface area contributed by atoms with Gasteiger partial charge < -0.3 is 0 Å². The van der Waals surface area contributed by atoms with E-state index in [1.54, 1.807) is 6.92 Å². The molecule has 0 saturated carbocycles. The maximum atomic E-state index is 9.88. The Balaban J connectivity index is 3.34. The fourth-order valence-corrected chi connectivity index (χ4v) is 0.414. The van der Waals surface area contributed by atoms with Crippen molar-refractivity contribution in [3.05, 3.63) is 0 Å². The van der Waals surface area contributed by atoms with Crippen LogP contribution in [0.1, 0.15) is 6.92 Å². The molecule has 0 aromatic rings. The van der Waals surface area contributed by atoms with Crippen molar-refractivity contribution in [2.24, 2.45) is 0 Å². The van der Waals surface area contributed by atoms with Crippen LogP contribution in [-0.4, -0.2) is 39.9 Å². The Kier molecular flexibility index (Phi) is 3.37. The third kappa shape index (κ3) is 2.87. The first-order valence-corrected chi connectivity index (χ1v) is 3.26. The van der Waals surface area contributed by atoms with Gasteiger partial charge in [0, 0.05) is 0 Å². The van der Waals surface area contributed by atoms with E-state index in [9.17, 15) is 4.79 Å². The van der Waals surface area contributed by atoms with E-state index in [0.29, 0.717) is 0 Å². The number of nitrogens with one attached hydrogen (secondary N) is 1. The number of hydrogen-bond donors (Lipinski definition) is 2. The van der Waals surface area contributed by atoms with Gasteiger partial charge in [-0.1, -0.05) is 0 Å². The third-order valence-electron chi connectivity index (χ3n) is 0.587. The van der Waals surface area contributed by atoms with Crippen LogP contribution in [-0.2, 0) is 4.79 Å². The number of hydrogen-bond acceptors (Lipinski definition) is 2. The first kappa shape index (κ1) is 7.23. The Morgan fingerprint density at radius 1 is 2.00 bits per heavy atom. The van der Waals surface area contributed by atoms with Crippen LogP contribution in [0.25, 0.3) is 0 Å². The third-order valence-corrected chi connectivity index (χ3v) is 1.82. The SMILES string of the molecule is C[C@H]([NH][Sn])C(=O)O. The van der Waals surface area contributed by atoms with Gasteiger partial charge in [0.25, 0.3) is 0 Å². The Bertz CT molecular complexity index is 75.3. The topological polar surface area (TPSA) is 49.3 Å². The van der Waals surface area contributed by atoms with E-state index in [-0.39, 0.29) is 0 Å². The van der Waals surface area contributed by atoms with Gasteiger partial charge in [-0.3, -0.25) is 0 Å². The van der Waals surface area contributed by atoms with Gasteiger partial charge in [0.15, 0.2) is 0 Å². The average Bonchev–Trinajstić information content (AvgIpc) is 1.65.